The summed E-state index contributed by atoms with van der Waals surface area (Å²) in [6.07, 6.45) is 3.83. The van der Waals surface area contributed by atoms with Crippen LogP contribution in [0.25, 0.3) is 0 Å². The van der Waals surface area contributed by atoms with Crippen molar-refractivity contribution in [2.75, 3.05) is 6.61 Å². The number of pyridine rings is 1. The van der Waals surface area contributed by atoms with Crippen molar-refractivity contribution in [3.63, 3.8) is 0 Å². The summed E-state index contributed by atoms with van der Waals surface area (Å²) in [5.74, 6) is 1.21. The van der Waals surface area contributed by atoms with Crippen molar-refractivity contribution in [2.45, 2.75) is 6.42 Å². The highest BCUT2D eigenvalue weighted by Crippen LogP contribution is 2.24. The maximum atomic E-state index is 8.85. The molecule has 1 aromatic carbocycles. The Labute approximate surface area is 116 Å². The van der Waals surface area contributed by atoms with Gasteiger partial charge in [-0.25, -0.2) is 0 Å². The first kappa shape index (κ1) is 13.5. The molecule has 5 heteroatoms. The van der Waals surface area contributed by atoms with Crippen LogP contribution in [0.2, 0.25) is 0 Å². The molecule has 0 unspecified atom stereocenters. The standard InChI is InChI=1S/C14H14N2O2S/c15-14(19)12-5-7-16-9-13(12)18-11-3-1-10(2-4-11)6-8-17/h1-5,7,9,17H,6,8H2,(H2,15,19). The summed E-state index contributed by atoms with van der Waals surface area (Å²) in [5.41, 5.74) is 7.34. The molecule has 0 aliphatic rings. The summed E-state index contributed by atoms with van der Waals surface area (Å²) < 4.78 is 5.71. The van der Waals surface area contributed by atoms with Gasteiger partial charge in [0.1, 0.15) is 10.7 Å². The fourth-order valence-corrected chi connectivity index (χ4v) is 1.81. The number of aromatic nitrogens is 1. The monoisotopic (exact) mass is 274 g/mol. The topological polar surface area (TPSA) is 68.4 Å². The molecule has 19 heavy (non-hydrogen) atoms. The maximum absolute atomic E-state index is 8.85. The van der Waals surface area contributed by atoms with Crippen LogP contribution in [0.5, 0.6) is 11.5 Å². The van der Waals surface area contributed by atoms with Crippen LogP contribution in [-0.2, 0) is 6.42 Å². The quantitative estimate of drug-likeness (QED) is 0.817. The van der Waals surface area contributed by atoms with Crippen LogP contribution in [0.15, 0.2) is 42.7 Å². The number of aliphatic hydroxyl groups is 1. The SMILES string of the molecule is NC(=S)c1ccncc1Oc1ccc(CCO)cc1. The van der Waals surface area contributed by atoms with Gasteiger partial charge in [0.05, 0.1) is 11.8 Å². The fourth-order valence-electron chi connectivity index (χ4n) is 1.65. The van der Waals surface area contributed by atoms with E-state index in [1.807, 2.05) is 24.3 Å². The van der Waals surface area contributed by atoms with E-state index in [9.17, 15) is 0 Å². The van der Waals surface area contributed by atoms with Gasteiger partial charge in [0.25, 0.3) is 0 Å². The number of thiocarbonyl (C=S) groups is 1. The van der Waals surface area contributed by atoms with E-state index < -0.39 is 0 Å². The molecule has 4 nitrogen and oxygen atoms in total. The second-order valence-electron chi connectivity index (χ2n) is 3.96. The third-order valence-corrected chi connectivity index (χ3v) is 2.82. The number of rotatable bonds is 5. The second-order valence-corrected chi connectivity index (χ2v) is 4.40. The summed E-state index contributed by atoms with van der Waals surface area (Å²) >= 11 is 4.96. The molecule has 0 radical (unpaired) electrons. The van der Waals surface area contributed by atoms with E-state index >= 15 is 0 Å². The van der Waals surface area contributed by atoms with E-state index in [-0.39, 0.29) is 11.6 Å². The summed E-state index contributed by atoms with van der Waals surface area (Å²) in [6.45, 7) is 0.133. The number of nitrogens with two attached hydrogens (primary N) is 1. The molecule has 0 atom stereocenters. The summed E-state index contributed by atoms with van der Waals surface area (Å²) in [4.78, 5) is 4.27. The largest absolute Gasteiger partial charge is 0.455 e. The van der Waals surface area contributed by atoms with Crippen molar-refractivity contribution in [2.24, 2.45) is 5.73 Å². The van der Waals surface area contributed by atoms with Gasteiger partial charge in [0, 0.05) is 12.8 Å². The van der Waals surface area contributed by atoms with Crippen LogP contribution < -0.4 is 10.5 Å². The lowest BCUT2D eigenvalue weighted by molar-refractivity contribution is 0.299. The minimum Gasteiger partial charge on any atom is -0.455 e. The number of ether oxygens (including phenoxy) is 1. The highest BCUT2D eigenvalue weighted by molar-refractivity contribution is 7.80. The Morgan fingerprint density at radius 1 is 1.26 bits per heavy atom. The molecule has 0 fully saturated rings. The van der Waals surface area contributed by atoms with Gasteiger partial charge >= 0.3 is 0 Å². The zero-order chi connectivity index (χ0) is 13.7. The van der Waals surface area contributed by atoms with Gasteiger partial charge < -0.3 is 15.6 Å². The molecule has 2 rings (SSSR count). The second kappa shape index (κ2) is 6.26. The highest BCUT2D eigenvalue weighted by Gasteiger charge is 2.07. The fraction of sp³-hybridized carbons (Fsp3) is 0.143. The lowest BCUT2D eigenvalue weighted by Crippen LogP contribution is -2.10. The molecule has 1 heterocycles. The molecule has 0 saturated carbocycles. The number of hydrogen-bond acceptors (Lipinski definition) is 4. The molecule has 2 aromatic rings. The Bertz CT molecular complexity index is 570. The lowest BCUT2D eigenvalue weighted by atomic mass is 10.1. The van der Waals surface area contributed by atoms with Gasteiger partial charge in [0.2, 0.25) is 0 Å². The smallest absolute Gasteiger partial charge is 0.155 e. The van der Waals surface area contributed by atoms with Crippen molar-refractivity contribution in [3.05, 3.63) is 53.9 Å². The average Bonchev–Trinajstić information content (AvgIpc) is 2.42. The van der Waals surface area contributed by atoms with Crippen LogP contribution in [0.1, 0.15) is 11.1 Å². The van der Waals surface area contributed by atoms with Crippen LogP contribution >= 0.6 is 12.2 Å². The molecule has 0 spiro atoms. The van der Waals surface area contributed by atoms with Gasteiger partial charge in [-0.15, -0.1) is 0 Å². The van der Waals surface area contributed by atoms with Crippen LogP contribution in [0.4, 0.5) is 0 Å². The summed E-state index contributed by atoms with van der Waals surface area (Å²) in [6, 6.07) is 9.20. The summed E-state index contributed by atoms with van der Waals surface area (Å²) in [7, 11) is 0. The first-order valence-electron chi connectivity index (χ1n) is 5.82. The minimum absolute atomic E-state index is 0.133. The Hall–Kier alpha value is -1.98. The Balaban J connectivity index is 2.19. The maximum Gasteiger partial charge on any atom is 0.155 e. The molecular formula is C14H14N2O2S. The number of hydrogen-bond donors (Lipinski definition) is 2. The van der Waals surface area contributed by atoms with Gasteiger partial charge in [-0.05, 0) is 30.2 Å². The Kier molecular flexibility index (Phi) is 4.43. The Morgan fingerprint density at radius 2 is 2.00 bits per heavy atom. The molecular weight excluding hydrogens is 260 g/mol. The van der Waals surface area contributed by atoms with Crippen LogP contribution in [0.3, 0.4) is 0 Å². The molecule has 0 bridgehead atoms. The molecule has 0 saturated heterocycles. The molecule has 0 amide bonds. The normalized spacial score (nSPS) is 10.2. The zero-order valence-corrected chi connectivity index (χ0v) is 11.1. The van der Waals surface area contributed by atoms with Gasteiger partial charge in [-0.2, -0.15) is 0 Å². The van der Waals surface area contributed by atoms with E-state index in [4.69, 9.17) is 27.8 Å². The van der Waals surface area contributed by atoms with E-state index in [1.54, 1.807) is 18.5 Å². The number of benzene rings is 1. The molecule has 98 valence electrons. The number of nitrogens with zero attached hydrogens (tertiary/aromatic N) is 1. The first-order valence-corrected chi connectivity index (χ1v) is 6.23. The van der Waals surface area contributed by atoms with Crippen molar-refractivity contribution in [1.82, 2.24) is 4.98 Å². The van der Waals surface area contributed by atoms with Crippen molar-refractivity contribution < 1.29 is 9.84 Å². The van der Waals surface area contributed by atoms with Crippen molar-refractivity contribution >= 4 is 17.2 Å². The van der Waals surface area contributed by atoms with Gasteiger partial charge in [0.15, 0.2) is 5.75 Å². The van der Waals surface area contributed by atoms with Crippen molar-refractivity contribution in [1.29, 1.82) is 0 Å². The summed E-state index contributed by atoms with van der Waals surface area (Å²) in [5, 5.41) is 8.85. The first-order chi connectivity index (χ1) is 9.20. The lowest BCUT2D eigenvalue weighted by Gasteiger charge is -2.09. The van der Waals surface area contributed by atoms with E-state index in [1.165, 1.54) is 0 Å². The van der Waals surface area contributed by atoms with Crippen LogP contribution in [0, 0.1) is 0 Å². The van der Waals surface area contributed by atoms with Crippen molar-refractivity contribution in [3.8, 4) is 11.5 Å². The highest BCUT2D eigenvalue weighted by atomic mass is 32.1. The zero-order valence-electron chi connectivity index (χ0n) is 10.2. The predicted octanol–water partition coefficient (Wildman–Crippen LogP) is 2.04. The van der Waals surface area contributed by atoms with E-state index in [0.29, 0.717) is 23.5 Å². The minimum atomic E-state index is 0.133. The number of aliphatic hydroxyl groups excluding tert-OH is 1. The predicted molar refractivity (Wildman–Crippen MR) is 77.4 cm³/mol. The average molecular weight is 274 g/mol. The molecule has 1 aromatic heterocycles. The van der Waals surface area contributed by atoms with Gasteiger partial charge in [-0.3, -0.25) is 4.98 Å². The van der Waals surface area contributed by atoms with E-state index in [2.05, 4.69) is 4.98 Å². The third-order valence-electron chi connectivity index (χ3n) is 2.60. The molecule has 0 aliphatic carbocycles. The van der Waals surface area contributed by atoms with Crippen LogP contribution in [-0.4, -0.2) is 21.7 Å². The van der Waals surface area contributed by atoms with E-state index in [0.717, 1.165) is 5.56 Å². The third kappa shape index (κ3) is 3.49. The Morgan fingerprint density at radius 3 is 2.63 bits per heavy atom. The molecule has 0 aliphatic heterocycles. The van der Waals surface area contributed by atoms with Gasteiger partial charge in [-0.1, -0.05) is 24.4 Å². The molecule has 3 N–H and O–H groups in total.